The lowest BCUT2D eigenvalue weighted by Gasteiger charge is -2.64. The molecule has 2 saturated carbocycles. The van der Waals surface area contributed by atoms with Crippen molar-refractivity contribution in [2.45, 2.75) is 74.2 Å². The third kappa shape index (κ3) is 4.88. The van der Waals surface area contributed by atoms with Crippen LogP contribution in [0.5, 0.6) is 11.5 Å². The van der Waals surface area contributed by atoms with Gasteiger partial charge in [-0.1, -0.05) is 12.5 Å². The highest BCUT2D eigenvalue weighted by Gasteiger charge is 2.73. The van der Waals surface area contributed by atoms with Crippen molar-refractivity contribution in [3.63, 3.8) is 0 Å². The largest absolute Gasteiger partial charge is 0.504 e. The third-order valence-electron chi connectivity index (χ3n) is 9.97. The average molecular weight is 548 g/mol. The van der Waals surface area contributed by atoms with E-state index in [9.17, 15) is 10.2 Å². The van der Waals surface area contributed by atoms with Gasteiger partial charge in [-0.3, -0.25) is 4.90 Å². The lowest BCUT2D eigenvalue weighted by molar-refractivity contribution is -0.218. The second kappa shape index (κ2) is 11.8. The molecule has 1 spiro atoms. The third-order valence-corrected chi connectivity index (χ3v) is 9.97. The van der Waals surface area contributed by atoms with Gasteiger partial charge in [0, 0.05) is 25.3 Å². The van der Waals surface area contributed by atoms with E-state index in [1.807, 2.05) is 6.07 Å². The Morgan fingerprint density at radius 3 is 2.36 bits per heavy atom. The van der Waals surface area contributed by atoms with Crippen molar-refractivity contribution in [1.29, 1.82) is 0 Å². The number of rotatable bonds is 15. The minimum atomic E-state index is -0.882. The fourth-order valence-electron chi connectivity index (χ4n) is 7.92. The van der Waals surface area contributed by atoms with E-state index in [0.717, 1.165) is 43.8 Å². The van der Waals surface area contributed by atoms with E-state index in [0.29, 0.717) is 65.0 Å². The predicted octanol–water partition coefficient (Wildman–Crippen LogP) is 2.43. The number of piperidine rings is 1. The van der Waals surface area contributed by atoms with Gasteiger partial charge in [0.2, 0.25) is 0 Å². The molecule has 3 fully saturated rings. The molecule has 5 aliphatic rings. The Hall–Kier alpha value is -1.46. The number of phenols is 1. The molecule has 2 aliphatic heterocycles. The van der Waals surface area contributed by atoms with E-state index in [1.54, 1.807) is 13.2 Å². The molecule has 3 aliphatic carbocycles. The molecule has 0 radical (unpaired) electrons. The summed E-state index contributed by atoms with van der Waals surface area (Å²) in [4.78, 5) is 2.57. The van der Waals surface area contributed by atoms with Crippen LogP contribution in [-0.4, -0.2) is 112 Å². The first-order valence-corrected chi connectivity index (χ1v) is 14.9. The van der Waals surface area contributed by atoms with Crippen molar-refractivity contribution in [3.8, 4) is 11.5 Å². The Bertz CT molecular complexity index is 988. The first kappa shape index (κ1) is 27.7. The Morgan fingerprint density at radius 1 is 0.949 bits per heavy atom. The quantitative estimate of drug-likeness (QED) is 0.321. The summed E-state index contributed by atoms with van der Waals surface area (Å²) in [6.45, 7) is 6.19. The standard InChI is InChI=1S/C30H45NO8/c1-34-11-12-35-13-14-36-15-16-37-17-18-38-24-7-8-30(33)25-19-22-5-6-23(32)27-26(22)29(30,28(24)39-27)9-10-31(25)20-21-3-2-4-21/h5-6,21,24-25,28,32-33H,2-4,7-20H2,1H3/t24?,25-,28+,29+,30-/m1/s1. The Kier molecular flexibility index (Phi) is 8.38. The molecule has 1 aromatic rings. The number of hydrogen-bond acceptors (Lipinski definition) is 9. The summed E-state index contributed by atoms with van der Waals surface area (Å²) in [7, 11) is 1.65. The van der Waals surface area contributed by atoms with E-state index in [-0.39, 0.29) is 24.0 Å². The fourth-order valence-corrected chi connectivity index (χ4v) is 7.92. The van der Waals surface area contributed by atoms with Crippen LogP contribution in [0, 0.1) is 5.92 Å². The molecular weight excluding hydrogens is 502 g/mol. The minimum absolute atomic E-state index is 0.0793. The maximum absolute atomic E-state index is 12.6. The summed E-state index contributed by atoms with van der Waals surface area (Å²) < 4.78 is 34.5. The number of phenolic OH excluding ortho intramolecular Hbond substituents is 1. The van der Waals surface area contributed by atoms with Gasteiger partial charge >= 0.3 is 0 Å². The molecule has 6 rings (SSSR count). The van der Waals surface area contributed by atoms with Crippen molar-refractivity contribution in [2.24, 2.45) is 5.92 Å². The van der Waals surface area contributed by atoms with Gasteiger partial charge in [0.25, 0.3) is 0 Å². The summed E-state index contributed by atoms with van der Waals surface area (Å²) in [5, 5.41) is 23.3. The van der Waals surface area contributed by atoms with Gasteiger partial charge < -0.3 is 38.6 Å². The normalized spacial score (nSPS) is 33.0. The number of hydrogen-bond donors (Lipinski definition) is 2. The molecule has 5 atom stereocenters. The van der Waals surface area contributed by atoms with Gasteiger partial charge in [-0.05, 0) is 62.6 Å². The van der Waals surface area contributed by atoms with E-state index in [1.165, 1.54) is 24.8 Å². The van der Waals surface area contributed by atoms with E-state index in [2.05, 4.69) is 4.90 Å². The van der Waals surface area contributed by atoms with Gasteiger partial charge in [0.05, 0.1) is 70.0 Å². The Labute approximate surface area is 231 Å². The smallest absolute Gasteiger partial charge is 0.165 e. The number of aliphatic hydroxyl groups is 1. The molecule has 1 aromatic carbocycles. The molecule has 0 aromatic heterocycles. The van der Waals surface area contributed by atoms with Crippen LogP contribution in [0.15, 0.2) is 12.1 Å². The Balaban J connectivity index is 1.06. The number of ether oxygens (including phenoxy) is 6. The zero-order valence-electron chi connectivity index (χ0n) is 23.3. The molecule has 2 heterocycles. The topological polar surface area (TPSA) is 99.1 Å². The van der Waals surface area contributed by atoms with E-state index in [4.69, 9.17) is 28.4 Å². The second-order valence-corrected chi connectivity index (χ2v) is 11.9. The molecule has 1 saturated heterocycles. The molecule has 218 valence electrons. The average Bonchev–Trinajstić information content (AvgIpc) is 3.26. The van der Waals surface area contributed by atoms with Gasteiger partial charge in [0.15, 0.2) is 11.5 Å². The van der Waals surface area contributed by atoms with Gasteiger partial charge in [-0.25, -0.2) is 0 Å². The first-order valence-electron chi connectivity index (χ1n) is 14.9. The molecule has 2 bridgehead atoms. The van der Waals surface area contributed by atoms with Crippen LogP contribution in [0.4, 0.5) is 0 Å². The molecule has 9 heteroatoms. The molecular formula is C30H45NO8. The van der Waals surface area contributed by atoms with Crippen LogP contribution >= 0.6 is 0 Å². The van der Waals surface area contributed by atoms with Crippen molar-refractivity contribution in [3.05, 3.63) is 23.3 Å². The monoisotopic (exact) mass is 547 g/mol. The predicted molar refractivity (Wildman–Crippen MR) is 143 cm³/mol. The van der Waals surface area contributed by atoms with E-state index >= 15 is 0 Å². The summed E-state index contributed by atoms with van der Waals surface area (Å²) in [5.41, 5.74) is 0.833. The highest BCUT2D eigenvalue weighted by atomic mass is 16.6. The minimum Gasteiger partial charge on any atom is -0.504 e. The van der Waals surface area contributed by atoms with Crippen molar-refractivity contribution in [2.75, 3.05) is 73.1 Å². The maximum Gasteiger partial charge on any atom is 0.165 e. The fraction of sp³-hybridized carbons (Fsp3) is 0.800. The second-order valence-electron chi connectivity index (χ2n) is 11.9. The summed E-state index contributed by atoms with van der Waals surface area (Å²) in [5.74, 6) is 1.49. The van der Waals surface area contributed by atoms with Crippen LogP contribution in [-0.2, 0) is 35.5 Å². The number of nitrogens with zero attached hydrogens (tertiary/aromatic N) is 1. The number of likely N-dealkylation sites (tertiary alicyclic amines) is 1. The van der Waals surface area contributed by atoms with Crippen LogP contribution in [0.3, 0.4) is 0 Å². The molecule has 9 nitrogen and oxygen atoms in total. The summed E-state index contributed by atoms with van der Waals surface area (Å²) >= 11 is 0. The van der Waals surface area contributed by atoms with Crippen molar-refractivity contribution < 1.29 is 38.6 Å². The van der Waals surface area contributed by atoms with Crippen LogP contribution in [0.25, 0.3) is 0 Å². The number of benzene rings is 1. The van der Waals surface area contributed by atoms with Gasteiger partial charge in [-0.15, -0.1) is 0 Å². The first-order chi connectivity index (χ1) is 19.1. The zero-order valence-corrected chi connectivity index (χ0v) is 23.3. The van der Waals surface area contributed by atoms with Gasteiger partial charge in [0.1, 0.15) is 6.10 Å². The molecule has 0 amide bonds. The SMILES string of the molecule is COCCOCCOCCOCCOC1CC[C@@]2(O)[C@H]3Cc4ccc(O)c5c4[C@@]2(CCN3CC2CCC2)[C@H]1O5. The van der Waals surface area contributed by atoms with E-state index < -0.39 is 11.0 Å². The Morgan fingerprint density at radius 2 is 1.67 bits per heavy atom. The maximum atomic E-state index is 12.6. The number of methoxy groups -OCH3 is 1. The zero-order chi connectivity index (χ0) is 26.9. The van der Waals surface area contributed by atoms with Gasteiger partial charge in [-0.2, -0.15) is 0 Å². The van der Waals surface area contributed by atoms with Crippen LogP contribution < -0.4 is 4.74 Å². The summed E-state index contributed by atoms with van der Waals surface area (Å²) in [6.07, 6.45) is 6.51. The van der Waals surface area contributed by atoms with Crippen molar-refractivity contribution >= 4 is 0 Å². The molecule has 2 N–H and O–H groups in total. The summed E-state index contributed by atoms with van der Waals surface area (Å²) in [6, 6.07) is 3.89. The van der Waals surface area contributed by atoms with Crippen LogP contribution in [0.2, 0.25) is 0 Å². The molecule has 39 heavy (non-hydrogen) atoms. The van der Waals surface area contributed by atoms with Crippen molar-refractivity contribution in [1.82, 2.24) is 4.90 Å². The lowest BCUT2D eigenvalue weighted by atomic mass is 9.48. The lowest BCUT2D eigenvalue weighted by Crippen LogP contribution is -2.77. The molecule has 1 unspecified atom stereocenters. The highest BCUT2D eigenvalue weighted by molar-refractivity contribution is 5.62. The number of aromatic hydroxyl groups is 1. The van der Waals surface area contributed by atoms with Crippen LogP contribution in [0.1, 0.15) is 49.7 Å². The highest BCUT2D eigenvalue weighted by Crippen LogP contribution is 2.65.